The topological polar surface area (TPSA) is 73.0 Å². The minimum absolute atomic E-state index is 0.00725. The van der Waals surface area contributed by atoms with Crippen LogP contribution in [0.1, 0.15) is 44.1 Å². The zero-order chi connectivity index (χ0) is 23.2. The second-order valence-electron chi connectivity index (χ2n) is 9.47. The lowest BCUT2D eigenvalue weighted by Crippen LogP contribution is -2.50. The first kappa shape index (κ1) is 23.5. The zero-order valence-corrected chi connectivity index (χ0v) is 19.3. The summed E-state index contributed by atoms with van der Waals surface area (Å²) >= 11 is 0. The van der Waals surface area contributed by atoms with Gasteiger partial charge in [0.25, 0.3) is 0 Å². The quantitative estimate of drug-likeness (QED) is 0.737. The Hall–Kier alpha value is -2.64. The van der Waals surface area contributed by atoms with Crippen LogP contribution in [0.3, 0.4) is 0 Å². The van der Waals surface area contributed by atoms with Crippen molar-refractivity contribution in [1.82, 2.24) is 20.0 Å². The third kappa shape index (κ3) is 5.84. The average Bonchev–Trinajstić information content (AvgIpc) is 3.39. The number of halogens is 1. The minimum atomic E-state index is -0.246. The molecule has 4 rings (SSSR count). The maximum Gasteiger partial charge on any atom is 0.319 e. The zero-order valence-electron chi connectivity index (χ0n) is 19.3. The van der Waals surface area contributed by atoms with Gasteiger partial charge < -0.3 is 20.0 Å². The predicted octanol–water partition coefficient (Wildman–Crippen LogP) is 2.65. The van der Waals surface area contributed by atoms with Gasteiger partial charge in [-0.1, -0.05) is 18.2 Å². The van der Waals surface area contributed by atoms with Crippen LogP contribution in [-0.4, -0.2) is 78.4 Å². The van der Waals surface area contributed by atoms with Gasteiger partial charge in [-0.15, -0.1) is 0 Å². The molecule has 0 atom stereocenters. The SMILES string of the molecule is O=C(NCCc1ccccc1F)C1CCN(C(=O)C2CCN(C(=O)N3CCCC3)CC2)CC1. The number of carbonyl (C=O) groups is 3. The number of piperidine rings is 2. The molecular formula is C25H35FN4O3. The molecule has 0 aliphatic carbocycles. The summed E-state index contributed by atoms with van der Waals surface area (Å²) in [4.78, 5) is 43.8. The molecule has 3 aliphatic heterocycles. The van der Waals surface area contributed by atoms with Crippen LogP contribution in [0.4, 0.5) is 9.18 Å². The average molecular weight is 459 g/mol. The van der Waals surface area contributed by atoms with E-state index in [9.17, 15) is 18.8 Å². The molecule has 3 fully saturated rings. The van der Waals surface area contributed by atoms with Crippen molar-refractivity contribution in [3.05, 3.63) is 35.6 Å². The van der Waals surface area contributed by atoms with Crippen molar-refractivity contribution in [2.75, 3.05) is 45.8 Å². The molecule has 1 N–H and O–H groups in total. The van der Waals surface area contributed by atoms with Crippen molar-refractivity contribution in [3.8, 4) is 0 Å². The molecule has 0 saturated carbocycles. The highest BCUT2D eigenvalue weighted by Gasteiger charge is 2.34. The third-order valence-corrected chi connectivity index (χ3v) is 7.32. The number of carbonyl (C=O) groups excluding carboxylic acids is 3. The Balaban J connectivity index is 1.16. The summed E-state index contributed by atoms with van der Waals surface area (Å²) in [5.74, 6) is -0.216. The lowest BCUT2D eigenvalue weighted by Gasteiger charge is -2.38. The molecule has 8 heteroatoms. The largest absolute Gasteiger partial charge is 0.356 e. The molecular weight excluding hydrogens is 423 g/mol. The number of likely N-dealkylation sites (tertiary alicyclic amines) is 3. The molecule has 0 bridgehead atoms. The Morgan fingerprint density at radius 1 is 0.818 bits per heavy atom. The van der Waals surface area contributed by atoms with Gasteiger partial charge in [0.15, 0.2) is 0 Å². The van der Waals surface area contributed by atoms with Crippen LogP contribution in [0.2, 0.25) is 0 Å². The normalized spacial score (nSPS) is 20.2. The van der Waals surface area contributed by atoms with Gasteiger partial charge in [-0.3, -0.25) is 9.59 Å². The first-order valence-corrected chi connectivity index (χ1v) is 12.4. The van der Waals surface area contributed by atoms with Gasteiger partial charge in [-0.2, -0.15) is 0 Å². The van der Waals surface area contributed by atoms with Crippen LogP contribution in [0.5, 0.6) is 0 Å². The number of amides is 4. The van der Waals surface area contributed by atoms with Crippen LogP contribution >= 0.6 is 0 Å². The van der Waals surface area contributed by atoms with Gasteiger partial charge in [0.05, 0.1) is 0 Å². The number of nitrogens with one attached hydrogen (secondary N) is 1. The van der Waals surface area contributed by atoms with E-state index in [2.05, 4.69) is 5.32 Å². The summed E-state index contributed by atoms with van der Waals surface area (Å²) in [6, 6.07) is 6.74. The van der Waals surface area contributed by atoms with Crippen LogP contribution in [0.25, 0.3) is 0 Å². The summed E-state index contributed by atoms with van der Waals surface area (Å²) in [6.45, 7) is 4.59. The molecule has 1 aromatic rings. The maximum absolute atomic E-state index is 13.7. The predicted molar refractivity (Wildman–Crippen MR) is 123 cm³/mol. The van der Waals surface area contributed by atoms with Gasteiger partial charge in [-0.05, 0) is 56.6 Å². The Labute approximate surface area is 195 Å². The van der Waals surface area contributed by atoms with Crippen molar-refractivity contribution in [2.24, 2.45) is 11.8 Å². The van der Waals surface area contributed by atoms with Crippen molar-refractivity contribution in [2.45, 2.75) is 44.9 Å². The molecule has 180 valence electrons. The molecule has 0 spiro atoms. The standard InChI is InChI=1S/C25H35FN4O3/c26-22-6-2-1-5-19(22)7-12-27-23(31)20-8-15-28(16-9-20)24(32)21-10-17-30(18-11-21)25(33)29-13-3-4-14-29/h1-2,5-6,20-21H,3-4,7-18H2,(H,27,31). The van der Waals surface area contributed by atoms with Gasteiger partial charge >= 0.3 is 6.03 Å². The van der Waals surface area contributed by atoms with Gasteiger partial charge in [-0.25, -0.2) is 9.18 Å². The van der Waals surface area contributed by atoms with Gasteiger partial charge in [0, 0.05) is 57.6 Å². The molecule has 0 unspecified atom stereocenters. The molecule has 3 aliphatic rings. The van der Waals surface area contributed by atoms with Crippen LogP contribution in [0, 0.1) is 17.7 Å². The Morgan fingerprint density at radius 2 is 1.39 bits per heavy atom. The van der Waals surface area contributed by atoms with Gasteiger partial charge in [0.2, 0.25) is 11.8 Å². The lowest BCUT2D eigenvalue weighted by molar-refractivity contribution is -0.140. The number of benzene rings is 1. The van der Waals surface area contributed by atoms with Crippen molar-refractivity contribution in [3.63, 3.8) is 0 Å². The van der Waals surface area contributed by atoms with Crippen molar-refractivity contribution >= 4 is 17.8 Å². The van der Waals surface area contributed by atoms with E-state index in [1.807, 2.05) is 14.7 Å². The molecule has 3 saturated heterocycles. The number of urea groups is 1. The molecule has 0 radical (unpaired) electrons. The lowest BCUT2D eigenvalue weighted by atomic mass is 9.91. The van der Waals surface area contributed by atoms with E-state index in [0.717, 1.165) is 38.8 Å². The maximum atomic E-state index is 13.7. The summed E-state index contributed by atoms with van der Waals surface area (Å²) in [5, 5.41) is 2.92. The summed E-state index contributed by atoms with van der Waals surface area (Å²) in [6.07, 6.45) is 5.38. The smallest absolute Gasteiger partial charge is 0.319 e. The third-order valence-electron chi connectivity index (χ3n) is 7.32. The Bertz CT molecular complexity index is 842. The van der Waals surface area contributed by atoms with E-state index in [4.69, 9.17) is 0 Å². The first-order valence-electron chi connectivity index (χ1n) is 12.4. The van der Waals surface area contributed by atoms with E-state index < -0.39 is 0 Å². The fraction of sp³-hybridized carbons (Fsp3) is 0.640. The van der Waals surface area contributed by atoms with Crippen LogP contribution < -0.4 is 5.32 Å². The van der Waals surface area contributed by atoms with E-state index in [0.29, 0.717) is 57.5 Å². The fourth-order valence-corrected chi connectivity index (χ4v) is 5.21. The highest BCUT2D eigenvalue weighted by atomic mass is 19.1. The number of hydrogen-bond acceptors (Lipinski definition) is 3. The highest BCUT2D eigenvalue weighted by molar-refractivity contribution is 5.81. The highest BCUT2D eigenvalue weighted by Crippen LogP contribution is 2.25. The summed E-state index contributed by atoms with van der Waals surface area (Å²) in [7, 11) is 0. The van der Waals surface area contributed by atoms with Crippen LogP contribution in [-0.2, 0) is 16.0 Å². The number of hydrogen-bond donors (Lipinski definition) is 1. The van der Waals surface area contributed by atoms with E-state index >= 15 is 0 Å². The number of nitrogens with zero attached hydrogens (tertiary/aromatic N) is 3. The second-order valence-corrected chi connectivity index (χ2v) is 9.47. The second kappa shape index (κ2) is 11.0. The van der Waals surface area contributed by atoms with Crippen LogP contribution in [0.15, 0.2) is 24.3 Å². The molecule has 1 aromatic carbocycles. The first-order chi connectivity index (χ1) is 16.0. The molecule has 33 heavy (non-hydrogen) atoms. The molecule has 7 nitrogen and oxygen atoms in total. The van der Waals surface area contributed by atoms with E-state index in [-0.39, 0.29) is 35.5 Å². The van der Waals surface area contributed by atoms with Gasteiger partial charge in [0.1, 0.15) is 5.82 Å². The summed E-state index contributed by atoms with van der Waals surface area (Å²) < 4.78 is 13.7. The molecule has 0 aromatic heterocycles. The molecule has 3 heterocycles. The Kier molecular flexibility index (Phi) is 7.83. The molecule has 4 amide bonds. The Morgan fingerprint density at radius 3 is 2.06 bits per heavy atom. The fourth-order valence-electron chi connectivity index (χ4n) is 5.21. The van der Waals surface area contributed by atoms with E-state index in [1.54, 1.807) is 18.2 Å². The number of rotatable bonds is 5. The van der Waals surface area contributed by atoms with E-state index in [1.165, 1.54) is 6.07 Å². The monoisotopic (exact) mass is 458 g/mol. The van der Waals surface area contributed by atoms with Crippen molar-refractivity contribution in [1.29, 1.82) is 0 Å². The summed E-state index contributed by atoms with van der Waals surface area (Å²) in [5.41, 5.74) is 0.603. The minimum Gasteiger partial charge on any atom is -0.356 e. The van der Waals surface area contributed by atoms with Crippen molar-refractivity contribution < 1.29 is 18.8 Å².